The number of nitrogens with one attached hydrogen (secondary N) is 1. The maximum atomic E-state index is 13.3. The molecule has 0 aromatic heterocycles. The second-order valence-electron chi connectivity index (χ2n) is 7.80. The van der Waals surface area contributed by atoms with Gasteiger partial charge in [-0.2, -0.15) is 0 Å². The van der Waals surface area contributed by atoms with Crippen molar-refractivity contribution in [2.45, 2.75) is 64.1 Å². The highest BCUT2D eigenvalue weighted by molar-refractivity contribution is 6.36. The second-order valence-corrected chi connectivity index (χ2v) is 8.61. The Balaban J connectivity index is 1.86. The molecule has 1 saturated carbocycles. The molecule has 0 radical (unpaired) electrons. The lowest BCUT2D eigenvalue weighted by Gasteiger charge is -2.32. The minimum absolute atomic E-state index is 0.103. The number of hydrogen-bond acceptors (Lipinski definition) is 2. The summed E-state index contributed by atoms with van der Waals surface area (Å²) in [4.78, 5) is 28.1. The molecule has 1 N–H and O–H groups in total. The van der Waals surface area contributed by atoms with E-state index in [4.69, 9.17) is 23.2 Å². The molecule has 2 aromatic carbocycles. The van der Waals surface area contributed by atoms with Gasteiger partial charge in [0.1, 0.15) is 6.04 Å². The predicted octanol–water partition coefficient (Wildman–Crippen LogP) is 5.40. The smallest absolute Gasteiger partial charge is 0.243 e. The van der Waals surface area contributed by atoms with Gasteiger partial charge in [-0.3, -0.25) is 9.59 Å². The van der Waals surface area contributed by atoms with Gasteiger partial charge in [0.25, 0.3) is 0 Å². The highest BCUT2D eigenvalue weighted by atomic mass is 35.5. The highest BCUT2D eigenvalue weighted by Gasteiger charge is 2.31. The molecule has 4 nitrogen and oxygen atoms in total. The van der Waals surface area contributed by atoms with Crippen molar-refractivity contribution in [1.82, 2.24) is 10.2 Å². The van der Waals surface area contributed by atoms with Crippen molar-refractivity contribution < 1.29 is 9.59 Å². The van der Waals surface area contributed by atoms with Crippen molar-refractivity contribution in [2.24, 2.45) is 0 Å². The van der Waals surface area contributed by atoms with Crippen molar-refractivity contribution in [3.05, 3.63) is 69.7 Å². The summed E-state index contributed by atoms with van der Waals surface area (Å²) in [5.41, 5.74) is 1.57. The van der Waals surface area contributed by atoms with Crippen LogP contribution in [0.25, 0.3) is 0 Å². The van der Waals surface area contributed by atoms with Gasteiger partial charge in [-0.05, 0) is 37.0 Å². The van der Waals surface area contributed by atoms with Crippen LogP contribution in [-0.4, -0.2) is 28.8 Å². The molecular weight excluding hydrogens is 419 g/mol. The first kappa shape index (κ1) is 22.6. The molecule has 2 aromatic rings. The Morgan fingerprint density at radius 3 is 2.27 bits per heavy atom. The van der Waals surface area contributed by atoms with Crippen molar-refractivity contribution in [2.75, 3.05) is 0 Å². The zero-order valence-electron chi connectivity index (χ0n) is 17.2. The second kappa shape index (κ2) is 10.8. The largest absolute Gasteiger partial charge is 0.352 e. The van der Waals surface area contributed by atoms with Gasteiger partial charge in [0.15, 0.2) is 0 Å². The molecule has 1 atom stereocenters. The maximum absolute atomic E-state index is 13.3. The van der Waals surface area contributed by atoms with Crippen LogP contribution in [0.4, 0.5) is 0 Å². The summed E-state index contributed by atoms with van der Waals surface area (Å²) < 4.78 is 0. The molecule has 6 heteroatoms. The average Bonchev–Trinajstić information content (AvgIpc) is 3.23. The summed E-state index contributed by atoms with van der Waals surface area (Å²) in [5, 5.41) is 4.13. The van der Waals surface area contributed by atoms with Crippen molar-refractivity contribution in [3.63, 3.8) is 0 Å². The van der Waals surface area contributed by atoms with Gasteiger partial charge < -0.3 is 10.2 Å². The quantitative estimate of drug-likeness (QED) is 0.589. The van der Waals surface area contributed by atoms with E-state index in [1.54, 1.807) is 23.1 Å². The molecule has 160 valence electrons. The van der Waals surface area contributed by atoms with Gasteiger partial charge in [-0.25, -0.2) is 0 Å². The lowest BCUT2D eigenvalue weighted by Crippen LogP contribution is -2.51. The van der Waals surface area contributed by atoms with E-state index >= 15 is 0 Å². The number of hydrogen-bond donors (Lipinski definition) is 1. The number of nitrogens with zero attached hydrogens (tertiary/aromatic N) is 1. The molecular formula is C24H28Cl2N2O2. The van der Waals surface area contributed by atoms with E-state index in [1.807, 2.05) is 37.3 Å². The van der Waals surface area contributed by atoms with Crippen molar-refractivity contribution >= 4 is 35.0 Å². The van der Waals surface area contributed by atoms with Gasteiger partial charge in [0.2, 0.25) is 11.8 Å². The lowest BCUT2D eigenvalue weighted by atomic mass is 10.1. The molecule has 0 spiro atoms. The molecule has 1 fully saturated rings. The Morgan fingerprint density at radius 1 is 1.03 bits per heavy atom. The number of carbonyl (C=O) groups is 2. The van der Waals surface area contributed by atoms with Gasteiger partial charge in [0.05, 0.1) is 6.42 Å². The Kier molecular flexibility index (Phi) is 8.17. The SMILES string of the molecule is CCC(C(=O)NC1CCCC1)N(Cc1c(Cl)cccc1Cl)C(=O)Cc1ccccc1. The molecule has 30 heavy (non-hydrogen) atoms. The summed E-state index contributed by atoms with van der Waals surface area (Å²) >= 11 is 12.8. The Morgan fingerprint density at radius 2 is 1.67 bits per heavy atom. The maximum Gasteiger partial charge on any atom is 0.243 e. The molecule has 1 unspecified atom stereocenters. The summed E-state index contributed by atoms with van der Waals surface area (Å²) in [6.45, 7) is 2.12. The van der Waals surface area contributed by atoms with Crippen LogP contribution in [0.3, 0.4) is 0 Å². The Hall–Kier alpha value is -2.04. The van der Waals surface area contributed by atoms with E-state index < -0.39 is 6.04 Å². The van der Waals surface area contributed by atoms with Gasteiger partial charge in [-0.15, -0.1) is 0 Å². The fourth-order valence-corrected chi connectivity index (χ4v) is 4.53. The summed E-state index contributed by atoms with van der Waals surface area (Å²) in [6, 6.07) is 14.5. The third kappa shape index (κ3) is 5.77. The zero-order chi connectivity index (χ0) is 21.5. The standard InChI is InChI=1S/C24H28Cl2N2O2/c1-2-22(24(30)27-18-11-6-7-12-18)28(16-19-20(25)13-8-14-21(19)26)23(29)15-17-9-4-3-5-10-17/h3-5,8-10,13-14,18,22H,2,6-7,11-12,15-16H2,1H3,(H,27,30). The van der Waals surface area contributed by atoms with Gasteiger partial charge in [0, 0.05) is 28.2 Å². The Bertz CT molecular complexity index is 847. The summed E-state index contributed by atoms with van der Waals surface area (Å²) in [5.74, 6) is -0.223. The predicted molar refractivity (Wildman–Crippen MR) is 122 cm³/mol. The first-order valence-corrected chi connectivity index (χ1v) is 11.3. The van der Waals surface area contributed by atoms with Crippen LogP contribution < -0.4 is 5.32 Å². The molecule has 1 aliphatic rings. The third-order valence-electron chi connectivity index (χ3n) is 5.68. The summed E-state index contributed by atoms with van der Waals surface area (Å²) in [6.07, 6.45) is 4.99. The minimum Gasteiger partial charge on any atom is -0.352 e. The van der Waals surface area contributed by atoms with E-state index in [0.29, 0.717) is 22.0 Å². The number of amides is 2. The van der Waals surface area contributed by atoms with Crippen LogP contribution in [0.15, 0.2) is 48.5 Å². The van der Waals surface area contributed by atoms with Crippen molar-refractivity contribution in [1.29, 1.82) is 0 Å². The van der Waals surface area contributed by atoms with E-state index in [0.717, 1.165) is 31.2 Å². The van der Waals surface area contributed by atoms with Gasteiger partial charge in [-0.1, -0.05) is 79.4 Å². The molecule has 3 rings (SSSR count). The highest BCUT2D eigenvalue weighted by Crippen LogP contribution is 2.27. The topological polar surface area (TPSA) is 49.4 Å². The first-order valence-electron chi connectivity index (χ1n) is 10.6. The van der Waals surface area contributed by atoms with E-state index in [-0.39, 0.29) is 30.8 Å². The van der Waals surface area contributed by atoms with Crippen LogP contribution in [0.1, 0.15) is 50.2 Å². The molecule has 1 aliphatic carbocycles. The van der Waals surface area contributed by atoms with E-state index in [2.05, 4.69) is 5.32 Å². The van der Waals surface area contributed by atoms with E-state index in [9.17, 15) is 9.59 Å². The molecule has 0 heterocycles. The number of benzene rings is 2. The number of carbonyl (C=O) groups excluding carboxylic acids is 2. The minimum atomic E-state index is -0.575. The van der Waals surface area contributed by atoms with Gasteiger partial charge >= 0.3 is 0 Å². The average molecular weight is 447 g/mol. The lowest BCUT2D eigenvalue weighted by molar-refractivity contribution is -0.141. The van der Waals surface area contributed by atoms with Crippen LogP contribution in [0.5, 0.6) is 0 Å². The normalized spacial score (nSPS) is 15.0. The number of halogens is 2. The van der Waals surface area contributed by atoms with Crippen LogP contribution in [-0.2, 0) is 22.6 Å². The molecule has 0 saturated heterocycles. The first-order chi connectivity index (χ1) is 14.5. The van der Waals surface area contributed by atoms with Crippen LogP contribution in [0.2, 0.25) is 10.0 Å². The van der Waals surface area contributed by atoms with Crippen LogP contribution >= 0.6 is 23.2 Å². The monoisotopic (exact) mass is 446 g/mol. The van der Waals surface area contributed by atoms with Crippen LogP contribution in [0, 0.1) is 0 Å². The fraction of sp³-hybridized carbons (Fsp3) is 0.417. The third-order valence-corrected chi connectivity index (χ3v) is 6.38. The molecule has 0 aliphatic heterocycles. The summed E-state index contributed by atoms with van der Waals surface area (Å²) in [7, 11) is 0. The zero-order valence-corrected chi connectivity index (χ0v) is 18.8. The van der Waals surface area contributed by atoms with E-state index in [1.165, 1.54) is 0 Å². The van der Waals surface area contributed by atoms with Crippen molar-refractivity contribution in [3.8, 4) is 0 Å². The fourth-order valence-electron chi connectivity index (χ4n) is 4.01. The number of rotatable bonds is 8. The molecule has 2 amide bonds. The molecule has 0 bridgehead atoms. The Labute approximate surface area is 188 Å².